The summed E-state index contributed by atoms with van der Waals surface area (Å²) in [4.78, 5) is 30.4. The maximum Gasteiger partial charge on any atom is 0.321 e. The number of methoxy groups -OCH3 is 2. The van der Waals surface area contributed by atoms with Gasteiger partial charge in [-0.1, -0.05) is 17.3 Å². The molecule has 3 amide bonds. The van der Waals surface area contributed by atoms with Crippen molar-refractivity contribution in [2.75, 3.05) is 46.3 Å². The molecule has 0 saturated carbocycles. The van der Waals surface area contributed by atoms with Gasteiger partial charge in [-0.25, -0.2) is 4.79 Å². The van der Waals surface area contributed by atoms with Gasteiger partial charge in [-0.3, -0.25) is 4.79 Å². The summed E-state index contributed by atoms with van der Waals surface area (Å²) in [7, 11) is 4.81. The van der Waals surface area contributed by atoms with E-state index in [2.05, 4.69) is 20.8 Å². The standard InChI is InChI=1S/C23H27N5O5/c1-28(23(30)25-18-6-4-5-7-19(18)32-3)14-12-20-26-22(33-27-20)17-10-8-16(9-11-17)21(29)24-13-15-31-2/h4-11H,12-15H2,1-3H3,(H,24,29)(H,25,30). The molecular weight excluding hydrogens is 426 g/mol. The average Bonchev–Trinajstić information content (AvgIpc) is 3.32. The quantitative estimate of drug-likeness (QED) is 0.453. The summed E-state index contributed by atoms with van der Waals surface area (Å²) < 4.78 is 15.5. The highest BCUT2D eigenvalue weighted by Gasteiger charge is 2.14. The fraction of sp³-hybridized carbons (Fsp3) is 0.304. The smallest absolute Gasteiger partial charge is 0.321 e. The molecule has 0 atom stereocenters. The van der Waals surface area contributed by atoms with Gasteiger partial charge in [-0.15, -0.1) is 0 Å². The highest BCUT2D eigenvalue weighted by Crippen LogP contribution is 2.23. The highest BCUT2D eigenvalue weighted by molar-refractivity contribution is 5.94. The Morgan fingerprint density at radius 1 is 1.09 bits per heavy atom. The third kappa shape index (κ3) is 6.53. The second-order valence-electron chi connectivity index (χ2n) is 7.14. The van der Waals surface area contributed by atoms with Crippen LogP contribution in [0.5, 0.6) is 5.75 Å². The molecule has 1 heterocycles. The van der Waals surface area contributed by atoms with E-state index in [1.807, 2.05) is 12.1 Å². The second kappa shape index (κ2) is 11.6. The van der Waals surface area contributed by atoms with Crippen molar-refractivity contribution in [1.29, 1.82) is 0 Å². The number of carbonyl (C=O) groups is 2. The molecule has 174 valence electrons. The molecule has 2 aromatic carbocycles. The molecule has 0 unspecified atom stereocenters. The lowest BCUT2D eigenvalue weighted by molar-refractivity contribution is 0.0937. The van der Waals surface area contributed by atoms with Crippen molar-refractivity contribution in [3.05, 3.63) is 59.9 Å². The Morgan fingerprint density at radius 2 is 1.85 bits per heavy atom. The number of likely N-dealkylation sites (N-methyl/N-ethyl adjacent to an activating group) is 1. The number of anilines is 1. The first-order valence-electron chi connectivity index (χ1n) is 10.4. The minimum absolute atomic E-state index is 0.181. The van der Waals surface area contributed by atoms with E-state index in [4.69, 9.17) is 14.0 Å². The molecule has 0 fully saturated rings. The van der Waals surface area contributed by atoms with Crippen LogP contribution in [0.15, 0.2) is 53.1 Å². The van der Waals surface area contributed by atoms with Crippen LogP contribution in [0.3, 0.4) is 0 Å². The molecule has 1 aromatic heterocycles. The van der Waals surface area contributed by atoms with Crippen LogP contribution in [-0.4, -0.2) is 67.9 Å². The predicted molar refractivity (Wildman–Crippen MR) is 122 cm³/mol. The van der Waals surface area contributed by atoms with Crippen molar-refractivity contribution in [2.45, 2.75) is 6.42 Å². The predicted octanol–water partition coefficient (Wildman–Crippen LogP) is 2.83. The summed E-state index contributed by atoms with van der Waals surface area (Å²) >= 11 is 0. The van der Waals surface area contributed by atoms with Crippen molar-refractivity contribution in [2.24, 2.45) is 0 Å². The van der Waals surface area contributed by atoms with E-state index in [1.165, 1.54) is 4.90 Å². The number of para-hydroxylation sites is 2. The van der Waals surface area contributed by atoms with Crippen molar-refractivity contribution < 1.29 is 23.6 Å². The first-order valence-corrected chi connectivity index (χ1v) is 10.4. The van der Waals surface area contributed by atoms with Gasteiger partial charge in [0.05, 0.1) is 19.4 Å². The van der Waals surface area contributed by atoms with E-state index in [-0.39, 0.29) is 11.9 Å². The minimum atomic E-state index is -0.275. The van der Waals surface area contributed by atoms with Crippen LogP contribution in [-0.2, 0) is 11.2 Å². The van der Waals surface area contributed by atoms with E-state index in [1.54, 1.807) is 57.7 Å². The molecule has 0 radical (unpaired) electrons. The zero-order valence-corrected chi connectivity index (χ0v) is 18.8. The van der Waals surface area contributed by atoms with E-state index in [0.29, 0.717) is 60.4 Å². The van der Waals surface area contributed by atoms with Crippen LogP contribution in [0.1, 0.15) is 16.2 Å². The number of aromatic nitrogens is 2. The van der Waals surface area contributed by atoms with Crippen LogP contribution in [0, 0.1) is 0 Å². The maximum absolute atomic E-state index is 12.5. The molecule has 10 nitrogen and oxygen atoms in total. The van der Waals surface area contributed by atoms with Crippen molar-refractivity contribution in [1.82, 2.24) is 20.4 Å². The number of nitrogens with one attached hydrogen (secondary N) is 2. The highest BCUT2D eigenvalue weighted by atomic mass is 16.5. The van der Waals surface area contributed by atoms with Gasteiger partial charge in [-0.05, 0) is 36.4 Å². The first kappa shape index (κ1) is 23.7. The molecule has 0 saturated heterocycles. The average molecular weight is 453 g/mol. The third-order valence-electron chi connectivity index (χ3n) is 4.82. The van der Waals surface area contributed by atoms with Crippen LogP contribution in [0.25, 0.3) is 11.5 Å². The van der Waals surface area contributed by atoms with Gasteiger partial charge < -0.3 is 29.5 Å². The van der Waals surface area contributed by atoms with Crippen LogP contribution in [0.2, 0.25) is 0 Å². The summed E-state index contributed by atoms with van der Waals surface area (Å²) in [6.45, 7) is 1.28. The van der Waals surface area contributed by atoms with Crippen molar-refractivity contribution >= 4 is 17.6 Å². The number of benzene rings is 2. The number of carbonyl (C=O) groups excluding carboxylic acids is 2. The van der Waals surface area contributed by atoms with E-state index >= 15 is 0 Å². The largest absolute Gasteiger partial charge is 0.495 e. The Morgan fingerprint density at radius 3 is 2.58 bits per heavy atom. The molecule has 10 heteroatoms. The number of ether oxygens (including phenoxy) is 2. The molecule has 3 rings (SSSR count). The number of rotatable bonds is 10. The topological polar surface area (TPSA) is 119 Å². The number of urea groups is 1. The first-order chi connectivity index (χ1) is 16.0. The lowest BCUT2D eigenvalue weighted by atomic mass is 10.1. The lowest BCUT2D eigenvalue weighted by Gasteiger charge is -2.18. The Labute approximate surface area is 191 Å². The van der Waals surface area contributed by atoms with Gasteiger partial charge in [0.15, 0.2) is 5.82 Å². The van der Waals surface area contributed by atoms with Crippen molar-refractivity contribution in [3.8, 4) is 17.2 Å². The molecule has 33 heavy (non-hydrogen) atoms. The van der Waals surface area contributed by atoms with Gasteiger partial charge in [-0.2, -0.15) is 4.98 Å². The number of nitrogens with zero attached hydrogens (tertiary/aromatic N) is 3. The van der Waals surface area contributed by atoms with Gasteiger partial charge in [0.2, 0.25) is 0 Å². The summed E-state index contributed by atoms with van der Waals surface area (Å²) in [6.07, 6.45) is 0.416. The molecular formula is C23H27N5O5. The van der Waals surface area contributed by atoms with Gasteiger partial charge in [0.25, 0.3) is 11.8 Å². The Kier molecular flexibility index (Phi) is 8.36. The summed E-state index contributed by atoms with van der Waals surface area (Å²) in [5.74, 6) is 1.22. The Balaban J connectivity index is 1.53. The maximum atomic E-state index is 12.5. The summed E-state index contributed by atoms with van der Waals surface area (Å²) in [5.41, 5.74) is 1.82. The van der Waals surface area contributed by atoms with Gasteiger partial charge >= 0.3 is 6.03 Å². The molecule has 0 bridgehead atoms. The van der Waals surface area contributed by atoms with Crippen molar-refractivity contribution in [3.63, 3.8) is 0 Å². The molecule has 0 aliphatic rings. The monoisotopic (exact) mass is 453 g/mol. The van der Waals surface area contributed by atoms with Gasteiger partial charge in [0.1, 0.15) is 5.75 Å². The minimum Gasteiger partial charge on any atom is -0.495 e. The lowest BCUT2D eigenvalue weighted by Crippen LogP contribution is -2.33. The molecule has 2 N–H and O–H groups in total. The van der Waals surface area contributed by atoms with E-state index < -0.39 is 0 Å². The zero-order valence-electron chi connectivity index (χ0n) is 18.8. The number of hydrogen-bond acceptors (Lipinski definition) is 7. The van der Waals surface area contributed by atoms with E-state index in [9.17, 15) is 9.59 Å². The number of hydrogen-bond donors (Lipinski definition) is 2. The van der Waals surface area contributed by atoms with Crippen LogP contribution in [0.4, 0.5) is 10.5 Å². The summed E-state index contributed by atoms with van der Waals surface area (Å²) in [6, 6.07) is 13.8. The second-order valence-corrected chi connectivity index (χ2v) is 7.14. The fourth-order valence-electron chi connectivity index (χ4n) is 2.93. The number of amides is 3. The molecule has 0 aliphatic heterocycles. The molecule has 3 aromatic rings. The Bertz CT molecular complexity index is 1070. The normalized spacial score (nSPS) is 10.5. The zero-order chi connectivity index (χ0) is 23.6. The van der Waals surface area contributed by atoms with E-state index in [0.717, 1.165) is 0 Å². The Hall–Kier alpha value is -3.92. The van der Waals surface area contributed by atoms with Crippen LogP contribution >= 0.6 is 0 Å². The SMILES string of the molecule is COCCNC(=O)c1ccc(-c2nc(CCN(C)C(=O)Nc3ccccc3OC)no2)cc1. The fourth-order valence-corrected chi connectivity index (χ4v) is 2.93. The van der Waals surface area contributed by atoms with Gasteiger partial charge in [0, 0.05) is 44.8 Å². The molecule has 0 aliphatic carbocycles. The molecule has 0 spiro atoms. The van der Waals surface area contributed by atoms with Crippen LogP contribution < -0.4 is 15.4 Å². The third-order valence-corrected chi connectivity index (χ3v) is 4.82. The summed E-state index contributed by atoms with van der Waals surface area (Å²) in [5, 5.41) is 9.56.